The van der Waals surface area contributed by atoms with Gasteiger partial charge in [0.05, 0.1) is 22.8 Å². The molecule has 3 N–H and O–H groups in total. The number of hydrogen-bond donors (Lipinski definition) is 3. The molecule has 1 aliphatic rings. The van der Waals surface area contributed by atoms with E-state index in [1.807, 2.05) is 89.2 Å². The zero-order chi connectivity index (χ0) is 20.3. The fourth-order valence-corrected chi connectivity index (χ4v) is 5.02. The molecule has 3 heterocycles. The van der Waals surface area contributed by atoms with Gasteiger partial charge in [0.15, 0.2) is 18.6 Å². The van der Waals surface area contributed by atoms with Crippen LogP contribution in [-0.4, -0.2) is 11.3 Å². The predicted octanol–water partition coefficient (Wildman–Crippen LogP) is 2.35. The highest BCUT2D eigenvalue weighted by atomic mass is 32.1. The molecule has 6 nitrogen and oxygen atoms in total. The minimum absolute atomic E-state index is 0.368. The van der Waals surface area contributed by atoms with E-state index in [0.717, 1.165) is 10.4 Å². The fourth-order valence-electron chi connectivity index (χ4n) is 4.20. The highest BCUT2D eigenvalue weighted by Gasteiger charge is 2.59. The van der Waals surface area contributed by atoms with E-state index in [0.29, 0.717) is 0 Å². The summed E-state index contributed by atoms with van der Waals surface area (Å²) in [7, 11) is 0. The first-order valence-electron chi connectivity index (χ1n) is 9.28. The smallest absolute Gasteiger partial charge is 0.217 e. The number of nitrogens with one attached hydrogen (secondary N) is 2. The molecule has 2 aromatic heterocycles. The second kappa shape index (κ2) is 8.02. The second-order valence-electron chi connectivity index (χ2n) is 6.98. The van der Waals surface area contributed by atoms with Crippen LogP contribution in [0.1, 0.15) is 22.4 Å². The van der Waals surface area contributed by atoms with Crippen molar-refractivity contribution in [3.63, 3.8) is 0 Å². The van der Waals surface area contributed by atoms with Gasteiger partial charge in [-0.15, -0.1) is 11.3 Å². The van der Waals surface area contributed by atoms with Crippen molar-refractivity contribution in [1.82, 2.24) is 10.6 Å². The molecule has 1 fully saturated rings. The van der Waals surface area contributed by atoms with Gasteiger partial charge in [-0.2, -0.15) is 15.1 Å². The molecule has 4 rings (SSSR count). The summed E-state index contributed by atoms with van der Waals surface area (Å²) in [6, 6.07) is 21.0. The minimum atomic E-state index is -1.48. The summed E-state index contributed by atoms with van der Waals surface area (Å²) in [4.78, 5) is 0.723. The maximum Gasteiger partial charge on any atom is 0.217 e. The molecule has 1 aliphatic heterocycles. The van der Waals surface area contributed by atoms with Crippen LogP contribution in [0.2, 0.25) is 0 Å². The molecule has 5 atom stereocenters. The maximum absolute atomic E-state index is 12.0. The van der Waals surface area contributed by atoms with Gasteiger partial charge in [0.1, 0.15) is 6.17 Å². The lowest BCUT2D eigenvalue weighted by atomic mass is 9.71. The topological polar surface area (TPSA) is 95.8 Å². The summed E-state index contributed by atoms with van der Waals surface area (Å²) < 4.78 is 1.94. The van der Waals surface area contributed by atoms with Gasteiger partial charge in [-0.05, 0) is 17.0 Å². The molecule has 5 unspecified atom stereocenters. The van der Waals surface area contributed by atoms with Gasteiger partial charge in [0.25, 0.3) is 0 Å². The Labute approximate surface area is 173 Å². The molecule has 3 aromatic rings. The summed E-state index contributed by atoms with van der Waals surface area (Å²) in [5.74, 6) is -0.956. The Hall–Kier alpha value is -3.23. The van der Waals surface area contributed by atoms with Crippen molar-refractivity contribution >= 4 is 11.3 Å². The number of nitriles is 2. The quantitative estimate of drug-likeness (QED) is 0.354. The molecule has 0 radical (unpaired) electrons. The third-order valence-electron chi connectivity index (χ3n) is 5.40. The van der Waals surface area contributed by atoms with Crippen LogP contribution in [0.25, 0.3) is 0 Å². The standard InChI is InChI=1S/C22H20N5OS/c23-14-17-19(16-8-3-1-4-9-16)20(27-11-5-2-6-12-27)22(28,18-10-7-13-29-18)26-21(17)25-15-24/h1-13,17,19-21,25-26,28H/q+1. The summed E-state index contributed by atoms with van der Waals surface area (Å²) in [5.41, 5.74) is -0.552. The van der Waals surface area contributed by atoms with Gasteiger partial charge in [-0.1, -0.05) is 42.5 Å². The molecule has 7 heteroatoms. The van der Waals surface area contributed by atoms with E-state index in [4.69, 9.17) is 0 Å². The minimum Gasteiger partial charge on any atom is -0.365 e. The first-order chi connectivity index (χ1) is 14.2. The van der Waals surface area contributed by atoms with E-state index < -0.39 is 23.9 Å². The van der Waals surface area contributed by atoms with Crippen LogP contribution < -0.4 is 15.2 Å². The van der Waals surface area contributed by atoms with Crippen molar-refractivity contribution < 1.29 is 9.67 Å². The summed E-state index contributed by atoms with van der Waals surface area (Å²) in [6.07, 6.45) is 5.02. The Morgan fingerprint density at radius 3 is 2.38 bits per heavy atom. The summed E-state index contributed by atoms with van der Waals surface area (Å²) in [6.45, 7) is 0. The van der Waals surface area contributed by atoms with Crippen molar-refractivity contribution in [3.8, 4) is 12.3 Å². The number of aliphatic hydroxyl groups is 1. The third-order valence-corrected chi connectivity index (χ3v) is 6.39. The first-order valence-corrected chi connectivity index (χ1v) is 10.2. The lowest BCUT2D eigenvalue weighted by molar-refractivity contribution is -0.747. The Balaban J connectivity index is 1.96. The lowest BCUT2D eigenvalue weighted by Gasteiger charge is -2.46. The zero-order valence-electron chi connectivity index (χ0n) is 15.5. The molecule has 0 bridgehead atoms. The van der Waals surface area contributed by atoms with E-state index >= 15 is 0 Å². The van der Waals surface area contributed by atoms with E-state index in [1.54, 1.807) is 0 Å². The van der Waals surface area contributed by atoms with Crippen LogP contribution >= 0.6 is 11.3 Å². The van der Waals surface area contributed by atoms with Crippen molar-refractivity contribution in [2.24, 2.45) is 5.92 Å². The highest BCUT2D eigenvalue weighted by molar-refractivity contribution is 7.10. The van der Waals surface area contributed by atoms with Crippen LogP contribution in [-0.2, 0) is 5.72 Å². The lowest BCUT2D eigenvalue weighted by Crippen LogP contribution is -2.70. The van der Waals surface area contributed by atoms with Gasteiger partial charge in [-0.25, -0.2) is 0 Å². The molecule has 1 aromatic carbocycles. The number of aromatic nitrogens is 1. The average molecular weight is 403 g/mol. The van der Waals surface area contributed by atoms with Crippen LogP contribution in [0.3, 0.4) is 0 Å². The van der Waals surface area contributed by atoms with Gasteiger partial charge in [0, 0.05) is 12.1 Å². The van der Waals surface area contributed by atoms with Crippen LogP contribution in [0.4, 0.5) is 0 Å². The van der Waals surface area contributed by atoms with Crippen LogP contribution in [0.15, 0.2) is 78.4 Å². The summed E-state index contributed by atoms with van der Waals surface area (Å²) in [5, 5.41) is 39.1. The molecule has 0 saturated carbocycles. The molecule has 1 saturated heterocycles. The van der Waals surface area contributed by atoms with E-state index in [1.165, 1.54) is 11.3 Å². The Morgan fingerprint density at radius 2 is 1.76 bits per heavy atom. The molecule has 0 amide bonds. The molecule has 144 valence electrons. The van der Waals surface area contributed by atoms with Gasteiger partial charge in [0.2, 0.25) is 11.8 Å². The zero-order valence-corrected chi connectivity index (χ0v) is 16.3. The molecular weight excluding hydrogens is 382 g/mol. The normalized spacial score (nSPS) is 28.8. The predicted molar refractivity (Wildman–Crippen MR) is 108 cm³/mol. The monoisotopic (exact) mass is 402 g/mol. The number of rotatable bonds is 4. The van der Waals surface area contributed by atoms with Crippen molar-refractivity contribution in [3.05, 3.63) is 88.9 Å². The second-order valence-corrected chi connectivity index (χ2v) is 7.93. The number of piperidine rings is 1. The third kappa shape index (κ3) is 3.37. The Morgan fingerprint density at radius 1 is 1.03 bits per heavy atom. The maximum atomic E-state index is 12.0. The van der Waals surface area contributed by atoms with Gasteiger partial charge < -0.3 is 10.4 Å². The number of benzene rings is 1. The molecule has 0 spiro atoms. The number of pyridine rings is 1. The van der Waals surface area contributed by atoms with Crippen LogP contribution in [0, 0.1) is 28.7 Å². The molecule has 0 aliphatic carbocycles. The number of nitrogens with zero attached hydrogens (tertiary/aromatic N) is 3. The highest BCUT2D eigenvalue weighted by Crippen LogP contribution is 2.47. The number of thiophene rings is 1. The molecular formula is C22H20N5OS+. The van der Waals surface area contributed by atoms with E-state index in [-0.39, 0.29) is 5.92 Å². The van der Waals surface area contributed by atoms with Gasteiger partial charge in [-0.3, -0.25) is 5.32 Å². The van der Waals surface area contributed by atoms with Crippen molar-refractivity contribution in [2.75, 3.05) is 0 Å². The van der Waals surface area contributed by atoms with Crippen molar-refractivity contribution in [2.45, 2.75) is 23.9 Å². The Bertz CT molecular complexity index is 1030. The first kappa shape index (κ1) is 19.1. The van der Waals surface area contributed by atoms with E-state index in [2.05, 4.69) is 16.7 Å². The Kier molecular flexibility index (Phi) is 5.28. The average Bonchev–Trinajstić information content (AvgIpc) is 3.31. The largest absolute Gasteiger partial charge is 0.365 e. The van der Waals surface area contributed by atoms with Gasteiger partial charge >= 0.3 is 0 Å². The summed E-state index contributed by atoms with van der Waals surface area (Å²) >= 11 is 1.43. The SMILES string of the molecule is N#CNC1NC(O)(c2cccs2)C([n+]2ccccc2)C(c2ccccc2)C1C#N. The van der Waals surface area contributed by atoms with Crippen LogP contribution in [0.5, 0.6) is 0 Å². The number of hydrogen-bond acceptors (Lipinski definition) is 6. The fraction of sp³-hybridized carbons (Fsp3) is 0.227. The van der Waals surface area contributed by atoms with Crippen molar-refractivity contribution in [1.29, 1.82) is 10.5 Å². The van der Waals surface area contributed by atoms with E-state index in [9.17, 15) is 15.6 Å². The molecule has 29 heavy (non-hydrogen) atoms.